The van der Waals surface area contributed by atoms with Gasteiger partial charge in [-0.05, 0) is 22.6 Å². The predicted octanol–water partition coefficient (Wildman–Crippen LogP) is 3.39. The highest BCUT2D eigenvalue weighted by atomic mass is 16.5. The highest BCUT2D eigenvalue weighted by molar-refractivity contribution is 6.01. The molecular weight excluding hydrogens is 292 g/mol. The van der Waals surface area contributed by atoms with Crippen LogP contribution in [0, 0.1) is 0 Å². The van der Waals surface area contributed by atoms with E-state index in [4.69, 9.17) is 9.84 Å². The Morgan fingerprint density at radius 3 is 2.57 bits per heavy atom. The third kappa shape index (κ3) is 3.17. The molecule has 0 unspecified atom stereocenters. The van der Waals surface area contributed by atoms with E-state index in [1.165, 1.54) is 0 Å². The van der Waals surface area contributed by atoms with Gasteiger partial charge in [0.05, 0.1) is 6.61 Å². The van der Waals surface area contributed by atoms with Crippen molar-refractivity contribution in [3.63, 3.8) is 0 Å². The zero-order valence-corrected chi connectivity index (χ0v) is 12.4. The van der Waals surface area contributed by atoms with Gasteiger partial charge in [-0.3, -0.25) is 0 Å². The van der Waals surface area contributed by atoms with Crippen LogP contribution in [0.25, 0.3) is 10.8 Å². The molecule has 0 saturated carbocycles. The zero-order valence-electron chi connectivity index (χ0n) is 12.4. The summed E-state index contributed by atoms with van der Waals surface area (Å²) in [5.41, 5.74) is 1.68. The van der Waals surface area contributed by atoms with E-state index in [0.717, 1.165) is 16.5 Å². The maximum absolute atomic E-state index is 12.2. The highest BCUT2D eigenvalue weighted by Crippen LogP contribution is 2.29. The Kier molecular flexibility index (Phi) is 4.26. The van der Waals surface area contributed by atoms with Crippen molar-refractivity contribution < 1.29 is 19.7 Å². The molecule has 0 heterocycles. The molecule has 0 aliphatic heterocycles. The molecular formula is C19H16O4. The summed E-state index contributed by atoms with van der Waals surface area (Å²) in [7, 11) is 0. The Morgan fingerprint density at radius 1 is 0.957 bits per heavy atom. The van der Waals surface area contributed by atoms with Crippen LogP contribution in [0.5, 0.6) is 5.75 Å². The number of rotatable bonds is 4. The number of aliphatic hydroxyl groups is 1. The number of carbonyl (C=O) groups is 1. The lowest BCUT2D eigenvalue weighted by Crippen LogP contribution is -2.06. The normalized spacial score (nSPS) is 10.7. The molecule has 3 rings (SSSR count). The minimum atomic E-state index is -0.581. The van der Waals surface area contributed by atoms with Crippen LogP contribution < -0.4 is 0 Å². The van der Waals surface area contributed by atoms with Crippen LogP contribution in [-0.2, 0) is 18.0 Å². The van der Waals surface area contributed by atoms with E-state index in [1.807, 2.05) is 18.2 Å². The van der Waals surface area contributed by atoms with Gasteiger partial charge in [0, 0.05) is 5.39 Å². The molecule has 23 heavy (non-hydrogen) atoms. The maximum Gasteiger partial charge on any atom is 0.342 e. The Balaban J connectivity index is 1.79. The summed E-state index contributed by atoms with van der Waals surface area (Å²) >= 11 is 0. The minimum absolute atomic E-state index is 0.0623. The fourth-order valence-corrected chi connectivity index (χ4v) is 2.46. The molecule has 4 heteroatoms. The van der Waals surface area contributed by atoms with Crippen molar-refractivity contribution in [2.24, 2.45) is 0 Å². The van der Waals surface area contributed by atoms with Gasteiger partial charge in [0.2, 0.25) is 0 Å². The van der Waals surface area contributed by atoms with Gasteiger partial charge >= 0.3 is 5.97 Å². The van der Waals surface area contributed by atoms with Gasteiger partial charge in [-0.25, -0.2) is 4.79 Å². The first kappa shape index (κ1) is 15.1. The second kappa shape index (κ2) is 6.50. The van der Waals surface area contributed by atoms with E-state index in [-0.39, 0.29) is 24.5 Å². The van der Waals surface area contributed by atoms with Crippen LogP contribution in [0.15, 0.2) is 60.7 Å². The fourth-order valence-electron chi connectivity index (χ4n) is 2.46. The summed E-state index contributed by atoms with van der Waals surface area (Å²) in [6.07, 6.45) is 0. The summed E-state index contributed by atoms with van der Waals surface area (Å²) in [5.74, 6) is -0.653. The molecule has 0 atom stereocenters. The van der Waals surface area contributed by atoms with Crippen molar-refractivity contribution in [2.75, 3.05) is 0 Å². The van der Waals surface area contributed by atoms with E-state index in [2.05, 4.69) is 0 Å². The lowest BCUT2D eigenvalue weighted by atomic mass is 10.1. The topological polar surface area (TPSA) is 66.8 Å². The fraction of sp³-hybridized carbons (Fsp3) is 0.105. The quantitative estimate of drug-likeness (QED) is 0.725. The van der Waals surface area contributed by atoms with Gasteiger partial charge in [0.15, 0.2) is 0 Å². The Hall–Kier alpha value is -2.85. The average Bonchev–Trinajstić information content (AvgIpc) is 2.60. The Labute approximate surface area is 133 Å². The number of esters is 1. The number of ether oxygens (including phenoxy) is 1. The summed E-state index contributed by atoms with van der Waals surface area (Å²) in [6.45, 7) is 0.0200. The molecule has 3 aromatic carbocycles. The third-order valence-corrected chi connectivity index (χ3v) is 3.66. The summed E-state index contributed by atoms with van der Waals surface area (Å²) < 4.78 is 5.26. The molecule has 0 radical (unpaired) electrons. The van der Waals surface area contributed by atoms with E-state index in [0.29, 0.717) is 5.39 Å². The van der Waals surface area contributed by atoms with Gasteiger partial charge in [0.25, 0.3) is 0 Å². The van der Waals surface area contributed by atoms with Crippen LogP contribution >= 0.6 is 0 Å². The van der Waals surface area contributed by atoms with Crippen molar-refractivity contribution in [3.05, 3.63) is 77.4 Å². The van der Waals surface area contributed by atoms with Crippen molar-refractivity contribution in [1.29, 1.82) is 0 Å². The van der Waals surface area contributed by atoms with E-state index < -0.39 is 5.97 Å². The number of fused-ring (bicyclic) bond motifs is 1. The lowest BCUT2D eigenvalue weighted by molar-refractivity contribution is 0.0469. The van der Waals surface area contributed by atoms with Crippen molar-refractivity contribution >= 4 is 16.7 Å². The molecule has 0 bridgehead atoms. The second-order valence-corrected chi connectivity index (χ2v) is 5.24. The number of phenols is 1. The number of aliphatic hydroxyl groups excluding tert-OH is 1. The first-order valence-electron chi connectivity index (χ1n) is 7.25. The minimum Gasteiger partial charge on any atom is -0.506 e. The summed E-state index contributed by atoms with van der Waals surface area (Å²) in [6, 6.07) is 17.8. The highest BCUT2D eigenvalue weighted by Gasteiger charge is 2.15. The third-order valence-electron chi connectivity index (χ3n) is 3.66. The molecule has 3 aromatic rings. The van der Waals surface area contributed by atoms with Crippen molar-refractivity contribution in [2.45, 2.75) is 13.2 Å². The zero-order chi connectivity index (χ0) is 16.2. The van der Waals surface area contributed by atoms with Crippen LogP contribution in [0.2, 0.25) is 0 Å². The monoisotopic (exact) mass is 308 g/mol. The largest absolute Gasteiger partial charge is 0.506 e. The molecule has 0 aromatic heterocycles. The molecule has 0 amide bonds. The first-order valence-corrected chi connectivity index (χ1v) is 7.25. The standard InChI is InChI=1S/C19H16O4/c20-11-13-4-3-5-14(10-13)12-23-19(22)17-9-8-15-6-1-2-7-16(15)18(17)21/h1-10,20-21H,11-12H2. The molecule has 0 saturated heterocycles. The van der Waals surface area contributed by atoms with Gasteiger partial charge in [-0.15, -0.1) is 0 Å². The molecule has 2 N–H and O–H groups in total. The van der Waals surface area contributed by atoms with Crippen molar-refractivity contribution in [1.82, 2.24) is 0 Å². The second-order valence-electron chi connectivity index (χ2n) is 5.24. The molecule has 0 spiro atoms. The molecule has 4 nitrogen and oxygen atoms in total. The van der Waals surface area contributed by atoms with Crippen molar-refractivity contribution in [3.8, 4) is 5.75 Å². The maximum atomic E-state index is 12.2. The van der Waals surface area contributed by atoms with Crippen LogP contribution in [0.3, 0.4) is 0 Å². The van der Waals surface area contributed by atoms with Gasteiger partial charge < -0.3 is 14.9 Å². The number of hydrogen-bond acceptors (Lipinski definition) is 4. The predicted molar refractivity (Wildman–Crippen MR) is 87.1 cm³/mol. The summed E-state index contributed by atoms with van der Waals surface area (Å²) in [4.78, 5) is 12.2. The van der Waals surface area contributed by atoms with Crippen LogP contribution in [0.4, 0.5) is 0 Å². The average molecular weight is 308 g/mol. The number of carbonyl (C=O) groups excluding carboxylic acids is 1. The smallest absolute Gasteiger partial charge is 0.342 e. The van der Waals surface area contributed by atoms with Crippen LogP contribution in [-0.4, -0.2) is 16.2 Å². The summed E-state index contributed by atoms with van der Waals surface area (Å²) in [5, 5.41) is 20.9. The Morgan fingerprint density at radius 2 is 1.74 bits per heavy atom. The van der Waals surface area contributed by atoms with Crippen LogP contribution in [0.1, 0.15) is 21.5 Å². The number of hydrogen-bond donors (Lipinski definition) is 2. The first-order chi connectivity index (χ1) is 11.2. The van der Waals surface area contributed by atoms with Gasteiger partial charge in [0.1, 0.15) is 17.9 Å². The van der Waals surface area contributed by atoms with Gasteiger partial charge in [-0.2, -0.15) is 0 Å². The number of benzene rings is 3. The van der Waals surface area contributed by atoms with E-state index in [1.54, 1.807) is 42.5 Å². The molecule has 0 aliphatic carbocycles. The van der Waals surface area contributed by atoms with E-state index >= 15 is 0 Å². The number of aromatic hydroxyl groups is 1. The lowest BCUT2D eigenvalue weighted by Gasteiger charge is -2.09. The molecule has 0 fully saturated rings. The van der Waals surface area contributed by atoms with Gasteiger partial charge in [-0.1, -0.05) is 54.6 Å². The Bertz CT molecular complexity index is 855. The van der Waals surface area contributed by atoms with E-state index in [9.17, 15) is 9.90 Å². The molecule has 116 valence electrons. The number of phenolic OH excluding ortho intramolecular Hbond substituents is 1. The molecule has 0 aliphatic rings. The SMILES string of the molecule is O=C(OCc1cccc(CO)c1)c1ccc2ccccc2c1O.